The van der Waals surface area contributed by atoms with Gasteiger partial charge in [0.1, 0.15) is 0 Å². The fraction of sp³-hybridized carbons (Fsp3) is 0.250. The van der Waals surface area contributed by atoms with Crippen molar-refractivity contribution >= 4 is 0 Å². The zero-order chi connectivity index (χ0) is 19.3. The molecule has 0 radical (unpaired) electrons. The van der Waals surface area contributed by atoms with Gasteiger partial charge in [0, 0.05) is 19.6 Å². The lowest BCUT2D eigenvalue weighted by molar-refractivity contribution is 0.118. The van der Waals surface area contributed by atoms with Gasteiger partial charge in [0.25, 0.3) is 0 Å². The Hall–Kier alpha value is -2.82. The van der Waals surface area contributed by atoms with Crippen LogP contribution in [0.3, 0.4) is 0 Å². The molecule has 144 valence electrons. The van der Waals surface area contributed by atoms with Gasteiger partial charge in [-0.15, -0.1) is 0 Å². The molecular formula is C24H25NO3. The Balaban J connectivity index is 1.47. The van der Waals surface area contributed by atoms with E-state index in [-0.39, 0.29) is 6.79 Å². The van der Waals surface area contributed by atoms with Gasteiger partial charge in [-0.1, -0.05) is 60.7 Å². The summed E-state index contributed by atoms with van der Waals surface area (Å²) in [4.78, 5) is 2.25. The first kappa shape index (κ1) is 18.5. The molecule has 1 aliphatic rings. The number of rotatable bonds is 7. The lowest BCUT2D eigenvalue weighted by Crippen LogP contribution is -2.30. The van der Waals surface area contributed by atoms with Gasteiger partial charge in [-0.3, -0.25) is 4.90 Å². The summed E-state index contributed by atoms with van der Waals surface area (Å²) in [6, 6.07) is 25.1. The van der Waals surface area contributed by atoms with Crippen LogP contribution in [0.15, 0.2) is 72.8 Å². The molecule has 28 heavy (non-hydrogen) atoms. The Morgan fingerprint density at radius 1 is 0.821 bits per heavy atom. The van der Waals surface area contributed by atoms with Crippen LogP contribution in [0.1, 0.15) is 18.1 Å². The minimum absolute atomic E-state index is 0.282. The number of aliphatic hydroxyl groups is 1. The molecule has 0 saturated carbocycles. The van der Waals surface area contributed by atoms with Gasteiger partial charge in [0.15, 0.2) is 11.5 Å². The van der Waals surface area contributed by atoms with E-state index in [0.717, 1.165) is 30.2 Å². The highest BCUT2D eigenvalue weighted by Gasteiger charge is 2.16. The van der Waals surface area contributed by atoms with Crippen LogP contribution in [0.25, 0.3) is 11.1 Å². The van der Waals surface area contributed by atoms with Gasteiger partial charge < -0.3 is 14.6 Å². The average Bonchev–Trinajstić information content (AvgIpc) is 3.16. The lowest BCUT2D eigenvalue weighted by atomic mass is 10.0. The van der Waals surface area contributed by atoms with Crippen molar-refractivity contribution in [2.24, 2.45) is 0 Å². The van der Waals surface area contributed by atoms with Crippen molar-refractivity contribution in [3.63, 3.8) is 0 Å². The highest BCUT2D eigenvalue weighted by atomic mass is 16.7. The molecule has 4 rings (SSSR count). The second kappa shape index (κ2) is 8.46. The summed E-state index contributed by atoms with van der Waals surface area (Å²) in [6.45, 7) is 4.22. The molecule has 3 aromatic carbocycles. The zero-order valence-electron chi connectivity index (χ0n) is 16.0. The Kier molecular flexibility index (Phi) is 5.60. The Labute approximate surface area is 166 Å². The molecule has 0 amide bonds. The summed E-state index contributed by atoms with van der Waals surface area (Å²) in [5.41, 5.74) is 4.80. The number of hydrogen-bond donors (Lipinski definition) is 1. The number of benzene rings is 3. The third-order valence-electron chi connectivity index (χ3n) is 4.83. The first-order valence-electron chi connectivity index (χ1n) is 9.61. The first-order valence-corrected chi connectivity index (χ1v) is 9.61. The predicted octanol–water partition coefficient (Wildman–Crippen LogP) is 4.47. The zero-order valence-corrected chi connectivity index (χ0v) is 16.0. The van der Waals surface area contributed by atoms with Crippen LogP contribution in [-0.2, 0) is 13.1 Å². The van der Waals surface area contributed by atoms with Crippen LogP contribution < -0.4 is 9.47 Å². The van der Waals surface area contributed by atoms with E-state index < -0.39 is 6.10 Å². The predicted molar refractivity (Wildman–Crippen MR) is 110 cm³/mol. The smallest absolute Gasteiger partial charge is 0.231 e. The summed E-state index contributed by atoms with van der Waals surface area (Å²) in [5.74, 6) is 1.59. The van der Waals surface area contributed by atoms with E-state index in [1.54, 1.807) is 0 Å². The monoisotopic (exact) mass is 375 g/mol. The SMILES string of the molecule is C[C@H](O)CN(Cc1ccc(-c2ccccc2)cc1)Cc1ccc2c(c1)OCO2. The number of hydrogen-bond acceptors (Lipinski definition) is 4. The first-order chi connectivity index (χ1) is 13.7. The molecule has 0 bridgehead atoms. The van der Waals surface area contributed by atoms with Crippen LogP contribution in [0, 0.1) is 0 Å². The van der Waals surface area contributed by atoms with Crippen LogP contribution in [0.4, 0.5) is 0 Å². The molecule has 1 aliphatic heterocycles. The van der Waals surface area contributed by atoms with E-state index >= 15 is 0 Å². The molecule has 0 spiro atoms. The number of nitrogens with zero attached hydrogens (tertiary/aromatic N) is 1. The summed E-state index contributed by atoms with van der Waals surface area (Å²) < 4.78 is 10.9. The summed E-state index contributed by atoms with van der Waals surface area (Å²) in [5, 5.41) is 9.94. The number of aliphatic hydroxyl groups excluding tert-OH is 1. The highest BCUT2D eigenvalue weighted by Crippen LogP contribution is 2.33. The van der Waals surface area contributed by atoms with E-state index in [9.17, 15) is 5.11 Å². The van der Waals surface area contributed by atoms with Crippen molar-refractivity contribution in [2.75, 3.05) is 13.3 Å². The minimum Gasteiger partial charge on any atom is -0.454 e. The summed E-state index contributed by atoms with van der Waals surface area (Å²) in [7, 11) is 0. The highest BCUT2D eigenvalue weighted by molar-refractivity contribution is 5.63. The van der Waals surface area contributed by atoms with E-state index in [1.165, 1.54) is 16.7 Å². The number of ether oxygens (including phenoxy) is 2. The summed E-state index contributed by atoms with van der Waals surface area (Å²) >= 11 is 0. The van der Waals surface area contributed by atoms with Gasteiger partial charge in [0.2, 0.25) is 6.79 Å². The van der Waals surface area contributed by atoms with E-state index in [1.807, 2.05) is 25.1 Å². The average molecular weight is 375 g/mol. The molecule has 0 unspecified atom stereocenters. The Bertz CT molecular complexity index is 907. The molecule has 1 heterocycles. The maximum Gasteiger partial charge on any atom is 0.231 e. The van der Waals surface area contributed by atoms with Crippen LogP contribution in [-0.4, -0.2) is 29.4 Å². The molecule has 0 aromatic heterocycles. The normalized spacial score (nSPS) is 13.7. The minimum atomic E-state index is -0.391. The fourth-order valence-electron chi connectivity index (χ4n) is 3.55. The topological polar surface area (TPSA) is 41.9 Å². The molecule has 0 fully saturated rings. The van der Waals surface area contributed by atoms with Gasteiger partial charge in [-0.25, -0.2) is 0 Å². The third kappa shape index (κ3) is 4.53. The molecule has 4 heteroatoms. The molecule has 0 saturated heterocycles. The van der Waals surface area contributed by atoms with Crippen molar-refractivity contribution in [2.45, 2.75) is 26.1 Å². The van der Waals surface area contributed by atoms with Gasteiger partial charge in [-0.2, -0.15) is 0 Å². The molecule has 0 aliphatic carbocycles. The second-order valence-electron chi connectivity index (χ2n) is 7.27. The summed E-state index contributed by atoms with van der Waals surface area (Å²) in [6.07, 6.45) is -0.391. The Morgan fingerprint density at radius 3 is 2.21 bits per heavy atom. The lowest BCUT2D eigenvalue weighted by Gasteiger charge is -2.24. The van der Waals surface area contributed by atoms with Crippen LogP contribution >= 0.6 is 0 Å². The van der Waals surface area contributed by atoms with Gasteiger partial charge in [-0.05, 0) is 41.3 Å². The maximum absolute atomic E-state index is 9.94. The van der Waals surface area contributed by atoms with Gasteiger partial charge in [0.05, 0.1) is 6.10 Å². The molecule has 3 aromatic rings. The van der Waals surface area contributed by atoms with Crippen molar-refractivity contribution in [3.8, 4) is 22.6 Å². The van der Waals surface area contributed by atoms with Crippen molar-refractivity contribution in [1.29, 1.82) is 0 Å². The Morgan fingerprint density at radius 2 is 1.46 bits per heavy atom. The van der Waals surface area contributed by atoms with Crippen LogP contribution in [0.5, 0.6) is 11.5 Å². The molecular weight excluding hydrogens is 350 g/mol. The van der Waals surface area contributed by atoms with Gasteiger partial charge >= 0.3 is 0 Å². The van der Waals surface area contributed by atoms with E-state index in [2.05, 4.69) is 59.5 Å². The third-order valence-corrected chi connectivity index (χ3v) is 4.83. The molecule has 4 nitrogen and oxygen atoms in total. The van der Waals surface area contributed by atoms with Crippen LogP contribution in [0.2, 0.25) is 0 Å². The maximum atomic E-state index is 9.94. The largest absolute Gasteiger partial charge is 0.454 e. The molecule has 1 atom stereocenters. The van der Waals surface area contributed by atoms with E-state index in [0.29, 0.717) is 6.54 Å². The number of fused-ring (bicyclic) bond motifs is 1. The molecule has 1 N–H and O–H groups in total. The van der Waals surface area contributed by atoms with Crippen molar-refractivity contribution in [3.05, 3.63) is 83.9 Å². The van der Waals surface area contributed by atoms with Crippen molar-refractivity contribution in [1.82, 2.24) is 4.90 Å². The second-order valence-corrected chi connectivity index (χ2v) is 7.27. The quantitative estimate of drug-likeness (QED) is 0.662. The van der Waals surface area contributed by atoms with Crippen molar-refractivity contribution < 1.29 is 14.6 Å². The van der Waals surface area contributed by atoms with E-state index in [4.69, 9.17) is 9.47 Å². The fourth-order valence-corrected chi connectivity index (χ4v) is 3.55. The standard InChI is InChI=1S/C24H25NO3/c1-18(26)14-25(16-20-9-12-23-24(13-20)28-17-27-23)15-19-7-10-22(11-8-19)21-5-3-2-4-6-21/h2-13,18,26H,14-17H2,1H3/t18-/m0/s1.